The molecular weight excluding hydrogens is 299 g/mol. The van der Waals surface area contributed by atoms with Crippen LogP contribution in [0.15, 0.2) is 0 Å². The van der Waals surface area contributed by atoms with Crippen molar-refractivity contribution in [2.45, 2.75) is 89.3 Å². The van der Waals surface area contributed by atoms with Crippen LogP contribution in [-0.2, 0) is 4.79 Å². The van der Waals surface area contributed by atoms with Gasteiger partial charge in [0.1, 0.15) is 0 Å². The standard InChI is InChI=1S/C17H31FN2O3/c18-15(16(21)22)12-8-4-5-9-13-19-17(23)20-14-10-6-2-1-3-7-11-14/h14-15H,1-13H2,(H,21,22)(H2,19,20,23)/t15-/m1/s1. The number of urea groups is 1. The number of carbonyl (C=O) groups excluding carboxylic acids is 1. The number of carboxylic acid groups (broad SMARTS) is 1. The summed E-state index contributed by atoms with van der Waals surface area (Å²) in [5.41, 5.74) is 0. The maximum Gasteiger partial charge on any atom is 0.338 e. The number of nitrogens with one attached hydrogen (secondary N) is 2. The van der Waals surface area contributed by atoms with Crippen molar-refractivity contribution in [1.29, 1.82) is 0 Å². The van der Waals surface area contributed by atoms with Crippen LogP contribution in [0.1, 0.15) is 77.0 Å². The van der Waals surface area contributed by atoms with Crippen LogP contribution in [0.4, 0.5) is 9.18 Å². The lowest BCUT2D eigenvalue weighted by atomic mass is 9.97. The lowest BCUT2D eigenvalue weighted by Crippen LogP contribution is -2.42. The maximum atomic E-state index is 12.8. The second kappa shape index (κ2) is 12.1. The summed E-state index contributed by atoms with van der Waals surface area (Å²) >= 11 is 0. The molecule has 1 saturated carbocycles. The number of carboxylic acids is 1. The minimum Gasteiger partial charge on any atom is -0.479 e. The van der Waals surface area contributed by atoms with E-state index in [1.54, 1.807) is 0 Å². The van der Waals surface area contributed by atoms with Gasteiger partial charge in [0.25, 0.3) is 0 Å². The molecule has 1 fully saturated rings. The van der Waals surface area contributed by atoms with Crippen LogP contribution < -0.4 is 10.6 Å². The van der Waals surface area contributed by atoms with E-state index in [4.69, 9.17) is 5.11 Å². The summed E-state index contributed by atoms with van der Waals surface area (Å²) in [5.74, 6) is -1.38. The molecule has 1 atom stereocenters. The van der Waals surface area contributed by atoms with Gasteiger partial charge in [-0.2, -0.15) is 0 Å². The fraction of sp³-hybridized carbons (Fsp3) is 0.882. The van der Waals surface area contributed by atoms with E-state index in [2.05, 4.69) is 10.6 Å². The number of unbranched alkanes of at least 4 members (excludes halogenated alkanes) is 3. The van der Waals surface area contributed by atoms with E-state index in [-0.39, 0.29) is 12.5 Å². The Kier molecular flexibility index (Phi) is 10.4. The molecule has 0 aromatic carbocycles. The van der Waals surface area contributed by atoms with Gasteiger partial charge in [-0.15, -0.1) is 0 Å². The Bertz CT molecular complexity index is 345. The molecule has 2 amide bonds. The third kappa shape index (κ3) is 10.1. The molecule has 134 valence electrons. The van der Waals surface area contributed by atoms with Crippen molar-refractivity contribution in [3.63, 3.8) is 0 Å². The second-order valence-corrected chi connectivity index (χ2v) is 6.45. The molecule has 0 bridgehead atoms. The SMILES string of the molecule is O=C(NCCCCCC[C@@H](F)C(=O)O)NC1CCCCCCC1. The van der Waals surface area contributed by atoms with Crippen molar-refractivity contribution in [1.82, 2.24) is 10.6 Å². The third-order valence-electron chi connectivity index (χ3n) is 4.38. The molecule has 1 aliphatic carbocycles. The zero-order valence-electron chi connectivity index (χ0n) is 14.0. The predicted molar refractivity (Wildman–Crippen MR) is 88.3 cm³/mol. The molecule has 0 spiro atoms. The third-order valence-corrected chi connectivity index (χ3v) is 4.38. The molecule has 1 rings (SSSR count). The highest BCUT2D eigenvalue weighted by Crippen LogP contribution is 2.16. The van der Waals surface area contributed by atoms with E-state index in [0.717, 1.165) is 32.1 Å². The first-order valence-corrected chi connectivity index (χ1v) is 9.01. The number of hydrogen-bond donors (Lipinski definition) is 3. The average molecular weight is 330 g/mol. The molecule has 3 N–H and O–H groups in total. The summed E-state index contributed by atoms with van der Waals surface area (Å²) < 4.78 is 12.8. The molecule has 0 saturated heterocycles. The number of rotatable bonds is 9. The molecule has 0 radical (unpaired) electrons. The monoisotopic (exact) mass is 330 g/mol. The molecule has 1 aliphatic rings. The Morgan fingerprint density at radius 3 is 2.26 bits per heavy atom. The topological polar surface area (TPSA) is 78.4 Å². The molecule has 5 nitrogen and oxygen atoms in total. The predicted octanol–water partition coefficient (Wildman–Crippen LogP) is 3.77. The maximum absolute atomic E-state index is 12.8. The Hall–Kier alpha value is -1.33. The van der Waals surface area contributed by atoms with Gasteiger partial charge >= 0.3 is 12.0 Å². The van der Waals surface area contributed by atoms with Crippen LogP contribution in [0, 0.1) is 0 Å². The zero-order valence-corrected chi connectivity index (χ0v) is 14.0. The highest BCUT2D eigenvalue weighted by atomic mass is 19.1. The van der Waals surface area contributed by atoms with Crippen LogP contribution in [0.3, 0.4) is 0 Å². The second-order valence-electron chi connectivity index (χ2n) is 6.45. The lowest BCUT2D eigenvalue weighted by Gasteiger charge is -2.21. The van der Waals surface area contributed by atoms with Gasteiger partial charge in [0.05, 0.1) is 0 Å². The smallest absolute Gasteiger partial charge is 0.338 e. The van der Waals surface area contributed by atoms with Gasteiger partial charge in [-0.3, -0.25) is 0 Å². The Balaban J connectivity index is 1.98. The van der Waals surface area contributed by atoms with Crippen LogP contribution in [0.2, 0.25) is 0 Å². The van der Waals surface area contributed by atoms with Gasteiger partial charge in [-0.1, -0.05) is 44.9 Å². The van der Waals surface area contributed by atoms with Crippen molar-refractivity contribution in [3.05, 3.63) is 0 Å². The Morgan fingerprint density at radius 2 is 1.61 bits per heavy atom. The van der Waals surface area contributed by atoms with Crippen LogP contribution >= 0.6 is 0 Å². The summed E-state index contributed by atoms with van der Waals surface area (Å²) in [6.07, 6.45) is 9.76. The van der Waals surface area contributed by atoms with Crippen LogP contribution in [0.5, 0.6) is 0 Å². The van der Waals surface area contributed by atoms with E-state index in [0.29, 0.717) is 19.0 Å². The fourth-order valence-electron chi connectivity index (χ4n) is 2.96. The molecule has 6 heteroatoms. The highest BCUT2D eigenvalue weighted by molar-refractivity contribution is 5.74. The number of halogens is 1. The number of amides is 2. The summed E-state index contributed by atoms with van der Waals surface area (Å²) in [6, 6.07) is 0.207. The van der Waals surface area contributed by atoms with Gasteiger partial charge in [-0.05, 0) is 32.1 Å². The normalized spacial score (nSPS) is 17.8. The van der Waals surface area contributed by atoms with Gasteiger partial charge in [-0.25, -0.2) is 14.0 Å². The van der Waals surface area contributed by atoms with E-state index >= 15 is 0 Å². The number of aliphatic carboxylic acids is 1. The minimum absolute atomic E-state index is 0.0743. The van der Waals surface area contributed by atoms with Gasteiger partial charge in [0.15, 0.2) is 6.17 Å². The number of hydrogen-bond acceptors (Lipinski definition) is 2. The van der Waals surface area contributed by atoms with Crippen molar-refractivity contribution in [2.75, 3.05) is 6.54 Å². The minimum atomic E-state index is -1.75. The van der Waals surface area contributed by atoms with Crippen LogP contribution in [0.25, 0.3) is 0 Å². The molecule has 0 heterocycles. The largest absolute Gasteiger partial charge is 0.479 e. The summed E-state index contributed by atoms with van der Waals surface area (Å²) in [7, 11) is 0. The molecule has 23 heavy (non-hydrogen) atoms. The molecule has 0 aromatic rings. The van der Waals surface area contributed by atoms with E-state index in [1.807, 2.05) is 0 Å². The quantitative estimate of drug-likeness (QED) is 0.563. The van der Waals surface area contributed by atoms with Gasteiger partial charge in [0.2, 0.25) is 0 Å². The van der Waals surface area contributed by atoms with Crippen molar-refractivity contribution >= 4 is 12.0 Å². The van der Waals surface area contributed by atoms with Gasteiger partial charge in [0, 0.05) is 12.6 Å². The van der Waals surface area contributed by atoms with E-state index < -0.39 is 12.1 Å². The molecular formula is C17H31FN2O3. The Labute approximate surface area is 138 Å². The summed E-state index contributed by atoms with van der Waals surface area (Å²) in [5, 5.41) is 14.3. The molecule has 0 aliphatic heterocycles. The first kappa shape index (κ1) is 19.7. The van der Waals surface area contributed by atoms with Gasteiger partial charge < -0.3 is 15.7 Å². The Morgan fingerprint density at radius 1 is 1.00 bits per heavy atom. The fourth-order valence-corrected chi connectivity index (χ4v) is 2.96. The first-order chi connectivity index (χ1) is 11.1. The zero-order chi connectivity index (χ0) is 16.9. The van der Waals surface area contributed by atoms with Crippen molar-refractivity contribution in [2.24, 2.45) is 0 Å². The summed E-state index contributed by atoms with van der Waals surface area (Å²) in [6.45, 7) is 0.608. The summed E-state index contributed by atoms with van der Waals surface area (Å²) in [4.78, 5) is 22.1. The molecule has 0 unspecified atom stereocenters. The van der Waals surface area contributed by atoms with Crippen molar-refractivity contribution < 1.29 is 19.1 Å². The van der Waals surface area contributed by atoms with E-state index in [1.165, 1.54) is 32.1 Å². The highest BCUT2D eigenvalue weighted by Gasteiger charge is 2.15. The van der Waals surface area contributed by atoms with E-state index in [9.17, 15) is 14.0 Å². The lowest BCUT2D eigenvalue weighted by molar-refractivity contribution is -0.143. The number of alkyl halides is 1. The van der Waals surface area contributed by atoms with Crippen molar-refractivity contribution in [3.8, 4) is 0 Å². The average Bonchev–Trinajstić information content (AvgIpc) is 2.48. The first-order valence-electron chi connectivity index (χ1n) is 9.01. The van der Waals surface area contributed by atoms with Crippen LogP contribution in [-0.4, -0.2) is 35.9 Å². The number of carbonyl (C=O) groups is 2. The molecule has 0 aromatic heterocycles.